The van der Waals surface area contributed by atoms with Gasteiger partial charge in [-0.2, -0.15) is 0 Å². The lowest BCUT2D eigenvalue weighted by atomic mass is 9.80. The summed E-state index contributed by atoms with van der Waals surface area (Å²) < 4.78 is 13.4. The van der Waals surface area contributed by atoms with Crippen molar-refractivity contribution in [1.82, 2.24) is 9.88 Å². The first-order valence-corrected chi connectivity index (χ1v) is 5.68. The summed E-state index contributed by atoms with van der Waals surface area (Å²) in [7, 11) is 1.69. The average Bonchev–Trinajstić information content (AvgIpc) is 2.26. The second kappa shape index (κ2) is 4.79. The molecule has 0 bridgehead atoms. The molecule has 1 fully saturated rings. The zero-order chi connectivity index (χ0) is 12.4. The van der Waals surface area contributed by atoms with Crippen molar-refractivity contribution in [2.24, 2.45) is 11.7 Å². The Bertz CT molecular complexity index is 418. The highest BCUT2D eigenvalue weighted by atomic mass is 19.1. The van der Waals surface area contributed by atoms with Crippen LogP contribution in [0.25, 0.3) is 0 Å². The van der Waals surface area contributed by atoms with Gasteiger partial charge in [0.2, 0.25) is 0 Å². The third-order valence-electron chi connectivity index (χ3n) is 3.15. The van der Waals surface area contributed by atoms with Gasteiger partial charge in [-0.25, -0.2) is 4.39 Å². The molecule has 1 heterocycles. The van der Waals surface area contributed by atoms with Gasteiger partial charge < -0.3 is 10.6 Å². The van der Waals surface area contributed by atoms with Crippen LogP contribution in [0.3, 0.4) is 0 Å². The fraction of sp³-hybridized carbons (Fsp3) is 0.500. The van der Waals surface area contributed by atoms with Crippen LogP contribution in [0.2, 0.25) is 0 Å². The van der Waals surface area contributed by atoms with Crippen molar-refractivity contribution in [3.05, 3.63) is 29.8 Å². The summed E-state index contributed by atoms with van der Waals surface area (Å²) in [6.45, 7) is 0.633. The number of halogens is 1. The molecule has 0 saturated heterocycles. The predicted octanol–water partition coefficient (Wildman–Crippen LogP) is 1.03. The van der Waals surface area contributed by atoms with Crippen molar-refractivity contribution >= 4 is 5.91 Å². The molecule has 0 unspecified atom stereocenters. The van der Waals surface area contributed by atoms with E-state index in [1.54, 1.807) is 11.9 Å². The molecule has 2 N–H and O–H groups in total. The first-order valence-electron chi connectivity index (χ1n) is 5.68. The molecular formula is C12H16FN3O. The van der Waals surface area contributed by atoms with Gasteiger partial charge in [-0.3, -0.25) is 9.78 Å². The van der Waals surface area contributed by atoms with Crippen LogP contribution in [0.5, 0.6) is 0 Å². The van der Waals surface area contributed by atoms with Crippen LogP contribution in [0.15, 0.2) is 18.5 Å². The Labute approximate surface area is 99.6 Å². The summed E-state index contributed by atoms with van der Waals surface area (Å²) in [5.41, 5.74) is 5.76. The Balaban J connectivity index is 1.97. The van der Waals surface area contributed by atoms with Crippen LogP contribution in [-0.4, -0.2) is 35.4 Å². The van der Waals surface area contributed by atoms with Gasteiger partial charge in [-0.1, -0.05) is 0 Å². The fourth-order valence-corrected chi connectivity index (χ4v) is 2.16. The Morgan fingerprint density at radius 1 is 1.65 bits per heavy atom. The summed E-state index contributed by atoms with van der Waals surface area (Å²) in [4.78, 5) is 17.1. The summed E-state index contributed by atoms with van der Waals surface area (Å²) in [6, 6.07) is 1.67. The van der Waals surface area contributed by atoms with Crippen molar-refractivity contribution in [2.75, 3.05) is 13.6 Å². The number of rotatable bonds is 3. The Kier molecular flexibility index (Phi) is 3.38. The van der Waals surface area contributed by atoms with Gasteiger partial charge in [0.1, 0.15) is 0 Å². The SMILES string of the molecule is CN(CC1CC(N)C1)C(=O)c1ccncc1F. The van der Waals surface area contributed by atoms with Crippen molar-refractivity contribution in [1.29, 1.82) is 0 Å². The highest BCUT2D eigenvalue weighted by Crippen LogP contribution is 2.26. The smallest absolute Gasteiger partial charge is 0.256 e. The average molecular weight is 237 g/mol. The minimum atomic E-state index is -0.574. The van der Waals surface area contributed by atoms with Crippen molar-refractivity contribution in [3.63, 3.8) is 0 Å². The molecule has 0 aromatic carbocycles. The molecule has 0 atom stereocenters. The minimum absolute atomic E-state index is 0.0751. The second-order valence-electron chi connectivity index (χ2n) is 4.64. The molecule has 5 heteroatoms. The first kappa shape index (κ1) is 12.0. The van der Waals surface area contributed by atoms with Gasteiger partial charge in [0.05, 0.1) is 11.8 Å². The highest BCUT2D eigenvalue weighted by molar-refractivity contribution is 5.94. The van der Waals surface area contributed by atoms with E-state index in [2.05, 4.69) is 4.98 Å². The Morgan fingerprint density at radius 3 is 2.94 bits per heavy atom. The van der Waals surface area contributed by atoms with Crippen molar-refractivity contribution in [3.8, 4) is 0 Å². The quantitative estimate of drug-likeness (QED) is 0.854. The largest absolute Gasteiger partial charge is 0.341 e. The molecule has 0 spiro atoms. The number of aromatic nitrogens is 1. The number of carbonyl (C=O) groups excluding carboxylic acids is 1. The number of amides is 1. The molecule has 1 amide bonds. The summed E-state index contributed by atoms with van der Waals surface area (Å²) >= 11 is 0. The van der Waals surface area contributed by atoms with Crippen LogP contribution in [0, 0.1) is 11.7 Å². The molecule has 4 nitrogen and oxygen atoms in total. The first-order chi connectivity index (χ1) is 8.08. The van der Waals surface area contributed by atoms with Gasteiger partial charge in [0.25, 0.3) is 5.91 Å². The molecule has 92 valence electrons. The Morgan fingerprint density at radius 2 is 2.35 bits per heavy atom. The van der Waals surface area contributed by atoms with E-state index in [0.29, 0.717) is 12.5 Å². The van der Waals surface area contributed by atoms with E-state index in [1.807, 2.05) is 0 Å². The third kappa shape index (κ3) is 2.61. The number of nitrogens with two attached hydrogens (primary N) is 1. The van der Waals surface area contributed by atoms with Crippen LogP contribution in [0.4, 0.5) is 4.39 Å². The zero-order valence-corrected chi connectivity index (χ0v) is 9.77. The fourth-order valence-electron chi connectivity index (χ4n) is 2.16. The van der Waals surface area contributed by atoms with E-state index in [9.17, 15) is 9.18 Å². The van der Waals surface area contributed by atoms with E-state index in [0.717, 1.165) is 19.0 Å². The third-order valence-corrected chi connectivity index (χ3v) is 3.15. The van der Waals surface area contributed by atoms with E-state index >= 15 is 0 Å². The van der Waals surface area contributed by atoms with E-state index in [-0.39, 0.29) is 17.5 Å². The monoisotopic (exact) mass is 237 g/mol. The van der Waals surface area contributed by atoms with Gasteiger partial charge in [-0.15, -0.1) is 0 Å². The highest BCUT2D eigenvalue weighted by Gasteiger charge is 2.28. The molecule has 0 aliphatic heterocycles. The molecule has 1 aromatic rings. The topological polar surface area (TPSA) is 59.2 Å². The molecule has 1 aliphatic carbocycles. The lowest BCUT2D eigenvalue weighted by molar-refractivity contribution is 0.0729. The zero-order valence-electron chi connectivity index (χ0n) is 9.77. The number of pyridine rings is 1. The van der Waals surface area contributed by atoms with Gasteiger partial charge in [0.15, 0.2) is 5.82 Å². The molecule has 1 aromatic heterocycles. The van der Waals surface area contributed by atoms with E-state index < -0.39 is 5.82 Å². The van der Waals surface area contributed by atoms with Crippen LogP contribution in [-0.2, 0) is 0 Å². The van der Waals surface area contributed by atoms with Gasteiger partial charge >= 0.3 is 0 Å². The summed E-state index contributed by atoms with van der Waals surface area (Å²) in [5.74, 6) is -0.427. The van der Waals surface area contributed by atoms with Gasteiger partial charge in [0, 0.05) is 25.8 Å². The maximum absolute atomic E-state index is 13.4. The molecule has 2 rings (SSSR count). The van der Waals surface area contributed by atoms with Crippen molar-refractivity contribution in [2.45, 2.75) is 18.9 Å². The lowest BCUT2D eigenvalue weighted by Gasteiger charge is -2.35. The number of nitrogens with zero attached hydrogens (tertiary/aromatic N) is 2. The maximum Gasteiger partial charge on any atom is 0.256 e. The lowest BCUT2D eigenvalue weighted by Crippen LogP contribution is -2.43. The molecule has 0 radical (unpaired) electrons. The van der Waals surface area contributed by atoms with E-state index in [4.69, 9.17) is 5.73 Å². The van der Waals surface area contributed by atoms with Crippen LogP contribution >= 0.6 is 0 Å². The second-order valence-corrected chi connectivity index (χ2v) is 4.64. The van der Waals surface area contributed by atoms with E-state index in [1.165, 1.54) is 12.3 Å². The van der Waals surface area contributed by atoms with Crippen molar-refractivity contribution < 1.29 is 9.18 Å². The standard InChI is InChI=1S/C12H16FN3O/c1-16(7-8-4-9(14)5-8)12(17)10-2-3-15-6-11(10)13/h2-3,6,8-9H,4-5,7,14H2,1H3. The Hall–Kier alpha value is -1.49. The number of hydrogen-bond acceptors (Lipinski definition) is 3. The van der Waals surface area contributed by atoms with Crippen LogP contribution < -0.4 is 5.73 Å². The summed E-state index contributed by atoms with van der Waals surface area (Å²) in [6.07, 6.45) is 4.36. The molecule has 1 aliphatic rings. The molecule has 1 saturated carbocycles. The molecular weight excluding hydrogens is 221 g/mol. The van der Waals surface area contributed by atoms with Gasteiger partial charge in [-0.05, 0) is 24.8 Å². The predicted molar refractivity (Wildman–Crippen MR) is 61.9 cm³/mol. The molecule has 17 heavy (non-hydrogen) atoms. The number of hydrogen-bond donors (Lipinski definition) is 1. The maximum atomic E-state index is 13.4. The number of carbonyl (C=O) groups is 1. The summed E-state index contributed by atoms with van der Waals surface area (Å²) in [5, 5.41) is 0. The minimum Gasteiger partial charge on any atom is -0.341 e. The normalized spacial score (nSPS) is 23.0. The van der Waals surface area contributed by atoms with Crippen LogP contribution in [0.1, 0.15) is 23.2 Å².